The number of aromatic nitrogens is 1. The van der Waals surface area contributed by atoms with Gasteiger partial charge in [-0.1, -0.05) is 36.4 Å². The van der Waals surface area contributed by atoms with Crippen LogP contribution in [0.1, 0.15) is 32.7 Å². The summed E-state index contributed by atoms with van der Waals surface area (Å²) in [5.41, 5.74) is 5.43. The van der Waals surface area contributed by atoms with E-state index in [1.807, 2.05) is 15.5 Å². The van der Waals surface area contributed by atoms with Gasteiger partial charge in [-0.3, -0.25) is 4.79 Å². The van der Waals surface area contributed by atoms with E-state index in [0.29, 0.717) is 6.42 Å². The second-order valence-electron chi connectivity index (χ2n) is 8.33. The van der Waals surface area contributed by atoms with Crippen LogP contribution in [0.5, 0.6) is 0 Å². The number of hydrogen-bond donors (Lipinski definition) is 0. The molecule has 0 saturated heterocycles. The van der Waals surface area contributed by atoms with Crippen LogP contribution in [0.3, 0.4) is 0 Å². The smallest absolute Gasteiger partial charge is 0.270 e. The first-order chi connectivity index (χ1) is 14.5. The lowest BCUT2D eigenvalue weighted by atomic mass is 10.1. The summed E-state index contributed by atoms with van der Waals surface area (Å²) in [7, 11) is 4.13. The molecule has 0 fully saturated rings. The first-order valence-corrected chi connectivity index (χ1v) is 10.4. The third-order valence-electron chi connectivity index (χ3n) is 5.58. The minimum Gasteiger partial charge on any atom is -0.341 e. The van der Waals surface area contributed by atoms with Crippen molar-refractivity contribution in [3.63, 3.8) is 0 Å². The van der Waals surface area contributed by atoms with Gasteiger partial charge in [0.1, 0.15) is 11.5 Å². The molecule has 0 bridgehead atoms. The molecule has 0 radical (unpaired) electrons. The summed E-state index contributed by atoms with van der Waals surface area (Å²) in [4.78, 5) is 17.1. The fourth-order valence-electron chi connectivity index (χ4n) is 4.02. The Labute approximate surface area is 177 Å². The van der Waals surface area contributed by atoms with Gasteiger partial charge in [0.15, 0.2) is 0 Å². The van der Waals surface area contributed by atoms with Crippen molar-refractivity contribution in [3.05, 3.63) is 94.6 Å². The van der Waals surface area contributed by atoms with Gasteiger partial charge < -0.3 is 14.4 Å². The van der Waals surface area contributed by atoms with Crippen LogP contribution >= 0.6 is 0 Å². The summed E-state index contributed by atoms with van der Waals surface area (Å²) in [5, 5.41) is 0. The van der Waals surface area contributed by atoms with Crippen LogP contribution in [-0.4, -0.2) is 47.5 Å². The fourth-order valence-corrected chi connectivity index (χ4v) is 4.02. The van der Waals surface area contributed by atoms with Gasteiger partial charge >= 0.3 is 0 Å². The van der Waals surface area contributed by atoms with Gasteiger partial charge in [-0.2, -0.15) is 0 Å². The lowest BCUT2D eigenvalue weighted by Gasteiger charge is -2.28. The molecule has 0 aliphatic carbocycles. The fraction of sp³-hybridized carbons (Fsp3) is 0.320. The van der Waals surface area contributed by atoms with Gasteiger partial charge in [-0.15, -0.1) is 0 Å². The van der Waals surface area contributed by atoms with Crippen LogP contribution in [0, 0.1) is 5.82 Å². The first kappa shape index (κ1) is 20.4. The minimum atomic E-state index is -0.229. The highest BCUT2D eigenvalue weighted by atomic mass is 19.1. The molecule has 2 aromatic carbocycles. The average Bonchev–Trinajstić information content (AvgIpc) is 3.13. The molecule has 1 aliphatic rings. The van der Waals surface area contributed by atoms with Gasteiger partial charge in [-0.25, -0.2) is 4.39 Å². The highest BCUT2D eigenvalue weighted by molar-refractivity contribution is 5.93. The second kappa shape index (κ2) is 8.84. The number of benzene rings is 2. The van der Waals surface area contributed by atoms with Crippen molar-refractivity contribution in [1.29, 1.82) is 0 Å². The molecule has 1 aliphatic heterocycles. The number of halogens is 1. The van der Waals surface area contributed by atoms with E-state index in [-0.39, 0.29) is 11.7 Å². The van der Waals surface area contributed by atoms with Crippen molar-refractivity contribution >= 4 is 5.91 Å². The molecule has 3 aromatic rings. The molecule has 5 heteroatoms. The summed E-state index contributed by atoms with van der Waals surface area (Å²) in [6.45, 7) is 3.20. The Morgan fingerprint density at radius 2 is 1.57 bits per heavy atom. The molecule has 156 valence electrons. The highest BCUT2D eigenvalue weighted by Crippen LogP contribution is 2.20. The topological polar surface area (TPSA) is 28.5 Å². The highest BCUT2D eigenvalue weighted by Gasteiger charge is 2.25. The Bertz CT molecular complexity index is 1010. The van der Waals surface area contributed by atoms with E-state index in [9.17, 15) is 9.18 Å². The molecule has 0 spiro atoms. The third kappa shape index (κ3) is 4.79. The molecule has 0 atom stereocenters. The van der Waals surface area contributed by atoms with Crippen molar-refractivity contribution in [1.82, 2.24) is 14.4 Å². The molecule has 2 heterocycles. The lowest BCUT2D eigenvalue weighted by Crippen LogP contribution is -2.40. The van der Waals surface area contributed by atoms with Crippen molar-refractivity contribution in [3.8, 4) is 0 Å². The van der Waals surface area contributed by atoms with Gasteiger partial charge in [0.05, 0.1) is 0 Å². The zero-order valence-electron chi connectivity index (χ0n) is 17.6. The number of carbonyl (C=O) groups is 1. The van der Waals surface area contributed by atoms with Gasteiger partial charge in [0.25, 0.3) is 5.91 Å². The lowest BCUT2D eigenvalue weighted by molar-refractivity contribution is 0.0707. The molecular formula is C25H28FN3O. The molecule has 1 aromatic heterocycles. The third-order valence-corrected chi connectivity index (χ3v) is 5.58. The Hall–Kier alpha value is -2.92. The van der Waals surface area contributed by atoms with Crippen molar-refractivity contribution < 1.29 is 9.18 Å². The number of rotatable bonds is 7. The summed E-state index contributed by atoms with van der Waals surface area (Å²) >= 11 is 0. The quantitative estimate of drug-likeness (QED) is 0.595. The zero-order chi connectivity index (χ0) is 21.1. The maximum atomic E-state index is 13.1. The summed E-state index contributed by atoms with van der Waals surface area (Å²) in [5.74, 6) is -0.135. The van der Waals surface area contributed by atoms with Crippen LogP contribution in [-0.2, 0) is 25.9 Å². The Morgan fingerprint density at radius 1 is 0.900 bits per heavy atom. The van der Waals surface area contributed by atoms with Crippen LogP contribution in [0.4, 0.5) is 4.39 Å². The van der Waals surface area contributed by atoms with Gasteiger partial charge in [-0.05, 0) is 67.4 Å². The predicted octanol–water partition coefficient (Wildman–Crippen LogP) is 3.98. The van der Waals surface area contributed by atoms with E-state index in [0.717, 1.165) is 49.4 Å². The van der Waals surface area contributed by atoms with E-state index in [4.69, 9.17) is 0 Å². The monoisotopic (exact) mass is 405 g/mol. The second-order valence-corrected chi connectivity index (χ2v) is 8.33. The SMILES string of the molecule is CN(C)Cc1ccc(CCN2CCn3cc(Cc4ccc(F)cc4)cc3C2=O)cc1. The molecule has 0 unspecified atom stereocenters. The van der Waals surface area contributed by atoms with E-state index in [1.54, 1.807) is 12.1 Å². The number of fused-ring (bicyclic) bond motifs is 1. The van der Waals surface area contributed by atoms with Crippen LogP contribution < -0.4 is 0 Å². The van der Waals surface area contributed by atoms with Crippen molar-refractivity contribution in [2.45, 2.75) is 25.9 Å². The normalized spacial score (nSPS) is 13.7. The number of nitrogens with zero attached hydrogens (tertiary/aromatic N) is 3. The average molecular weight is 406 g/mol. The summed E-state index contributed by atoms with van der Waals surface area (Å²) in [6, 6.07) is 17.2. The Kier molecular flexibility index (Phi) is 6.00. The molecule has 4 rings (SSSR count). The molecule has 30 heavy (non-hydrogen) atoms. The standard InChI is InChI=1S/C25H28FN3O/c1-27(2)17-21-5-3-19(4-6-21)11-12-28-13-14-29-18-22(16-24(29)25(28)30)15-20-7-9-23(26)10-8-20/h3-10,16,18H,11-15,17H2,1-2H3. The van der Waals surface area contributed by atoms with E-state index in [2.05, 4.69) is 49.5 Å². The molecule has 0 saturated carbocycles. The van der Waals surface area contributed by atoms with Crippen LogP contribution in [0.2, 0.25) is 0 Å². The first-order valence-electron chi connectivity index (χ1n) is 10.4. The number of hydrogen-bond acceptors (Lipinski definition) is 2. The molecule has 4 nitrogen and oxygen atoms in total. The summed E-state index contributed by atoms with van der Waals surface area (Å²) in [6.07, 6.45) is 3.61. The summed E-state index contributed by atoms with van der Waals surface area (Å²) < 4.78 is 15.2. The maximum absolute atomic E-state index is 13.1. The number of amides is 1. The van der Waals surface area contributed by atoms with E-state index in [1.165, 1.54) is 23.3 Å². The molecule has 1 amide bonds. The molecule has 0 N–H and O–H groups in total. The number of carbonyl (C=O) groups excluding carboxylic acids is 1. The van der Waals surface area contributed by atoms with Crippen LogP contribution in [0.25, 0.3) is 0 Å². The molecular weight excluding hydrogens is 377 g/mol. The van der Waals surface area contributed by atoms with Crippen molar-refractivity contribution in [2.75, 3.05) is 27.2 Å². The predicted molar refractivity (Wildman–Crippen MR) is 117 cm³/mol. The van der Waals surface area contributed by atoms with Gasteiger partial charge in [0, 0.05) is 32.4 Å². The van der Waals surface area contributed by atoms with Crippen LogP contribution in [0.15, 0.2) is 60.8 Å². The largest absolute Gasteiger partial charge is 0.341 e. The maximum Gasteiger partial charge on any atom is 0.270 e. The van der Waals surface area contributed by atoms with Crippen molar-refractivity contribution in [2.24, 2.45) is 0 Å². The van der Waals surface area contributed by atoms with E-state index < -0.39 is 0 Å². The minimum absolute atomic E-state index is 0.0934. The Morgan fingerprint density at radius 3 is 2.27 bits per heavy atom. The zero-order valence-corrected chi connectivity index (χ0v) is 17.6. The van der Waals surface area contributed by atoms with Gasteiger partial charge in [0.2, 0.25) is 0 Å². The Balaban J connectivity index is 1.37. The van der Waals surface area contributed by atoms with E-state index >= 15 is 0 Å².